The first-order valence-corrected chi connectivity index (χ1v) is 12.5. The summed E-state index contributed by atoms with van der Waals surface area (Å²) >= 11 is 0. The van der Waals surface area contributed by atoms with E-state index in [1.54, 1.807) is 42.7 Å². The monoisotopic (exact) mass is 484 g/mol. The first-order valence-electron chi connectivity index (χ1n) is 11.0. The Labute approximate surface area is 199 Å². The van der Waals surface area contributed by atoms with Crippen LogP contribution in [0.25, 0.3) is 0 Å². The number of aliphatic hydroxyl groups is 1. The summed E-state index contributed by atoms with van der Waals surface area (Å²) in [6.45, 7) is 2.88. The third-order valence-electron chi connectivity index (χ3n) is 5.05. The zero-order chi connectivity index (χ0) is 24.4. The van der Waals surface area contributed by atoms with Gasteiger partial charge in [0, 0.05) is 30.9 Å². The molecular weight excluding hydrogens is 456 g/mol. The highest BCUT2D eigenvalue weighted by Gasteiger charge is 2.18. The Bertz CT molecular complexity index is 1150. The summed E-state index contributed by atoms with van der Waals surface area (Å²) in [5.74, 6) is -0.251. The molecular formula is C25H28N2O6S. The molecule has 3 rings (SSSR count). The minimum absolute atomic E-state index is 0.110. The zero-order valence-electron chi connectivity index (χ0n) is 18.9. The summed E-state index contributed by atoms with van der Waals surface area (Å²) in [5.41, 5.74) is 1.72. The van der Waals surface area contributed by atoms with Crippen molar-refractivity contribution in [1.82, 2.24) is 10.3 Å². The van der Waals surface area contributed by atoms with Crippen LogP contribution in [-0.4, -0.2) is 37.6 Å². The van der Waals surface area contributed by atoms with Gasteiger partial charge in [-0.05, 0) is 67.4 Å². The van der Waals surface area contributed by atoms with Crippen molar-refractivity contribution >= 4 is 15.8 Å². The van der Waals surface area contributed by atoms with Crippen LogP contribution >= 0.6 is 0 Å². The van der Waals surface area contributed by atoms with Crippen LogP contribution in [0.2, 0.25) is 0 Å². The first-order chi connectivity index (χ1) is 16.4. The number of rotatable bonds is 12. The molecule has 3 aromatic rings. The lowest BCUT2D eigenvalue weighted by Crippen LogP contribution is -2.23. The molecule has 2 N–H and O–H groups in total. The number of carbonyl (C=O) groups excluding carboxylic acids is 1. The number of aromatic nitrogens is 1. The molecule has 0 aliphatic heterocycles. The van der Waals surface area contributed by atoms with Gasteiger partial charge in [-0.1, -0.05) is 25.1 Å². The van der Waals surface area contributed by atoms with Crippen molar-refractivity contribution in [2.45, 2.75) is 42.1 Å². The van der Waals surface area contributed by atoms with Gasteiger partial charge in [0.15, 0.2) is 5.75 Å². The quantitative estimate of drug-likeness (QED) is 0.228. The molecule has 1 aromatic heterocycles. The molecule has 0 unspecified atom stereocenters. The Morgan fingerprint density at radius 3 is 2.35 bits per heavy atom. The summed E-state index contributed by atoms with van der Waals surface area (Å²) in [6.07, 6.45) is 4.22. The normalized spacial score (nSPS) is 12.2. The van der Waals surface area contributed by atoms with E-state index in [0.29, 0.717) is 25.9 Å². The fourth-order valence-corrected chi connectivity index (χ4v) is 4.41. The topological polar surface area (TPSA) is 115 Å². The number of nitrogens with zero attached hydrogens (tertiary/aromatic N) is 1. The van der Waals surface area contributed by atoms with Crippen molar-refractivity contribution in [3.63, 3.8) is 0 Å². The second kappa shape index (κ2) is 12.3. The second-order valence-corrected chi connectivity index (χ2v) is 9.61. The standard InChI is InChI=1S/C25H28N2O6S/c1-2-4-25(29)33-32-21-8-12-23(13-9-21)34(30,31)22-10-6-19(7-11-22)14-16-27-18-24(28)20-5-3-15-26-17-20/h3,5-13,15,17,24,27-28H,2,4,14,16,18H2,1H3/t24-/m0/s1. The molecule has 1 heterocycles. The first kappa shape index (κ1) is 25.4. The predicted molar refractivity (Wildman–Crippen MR) is 126 cm³/mol. The van der Waals surface area contributed by atoms with Crippen LogP contribution < -0.4 is 10.2 Å². The smallest absolute Gasteiger partial charge is 0.355 e. The van der Waals surface area contributed by atoms with Gasteiger partial charge >= 0.3 is 5.97 Å². The minimum atomic E-state index is -3.70. The second-order valence-electron chi connectivity index (χ2n) is 7.66. The highest BCUT2D eigenvalue weighted by Crippen LogP contribution is 2.24. The van der Waals surface area contributed by atoms with E-state index < -0.39 is 21.9 Å². The molecule has 8 nitrogen and oxygen atoms in total. The van der Waals surface area contributed by atoms with E-state index in [0.717, 1.165) is 11.1 Å². The number of hydrogen-bond donors (Lipinski definition) is 2. The van der Waals surface area contributed by atoms with Crippen LogP contribution in [0.5, 0.6) is 5.75 Å². The summed E-state index contributed by atoms with van der Waals surface area (Å²) in [4.78, 5) is 25.2. The van der Waals surface area contributed by atoms with E-state index in [9.17, 15) is 18.3 Å². The third-order valence-corrected chi connectivity index (χ3v) is 6.84. The average molecular weight is 485 g/mol. The number of carbonyl (C=O) groups is 1. The number of sulfone groups is 1. The van der Waals surface area contributed by atoms with Gasteiger partial charge in [0.2, 0.25) is 9.84 Å². The van der Waals surface area contributed by atoms with E-state index in [2.05, 4.69) is 15.2 Å². The van der Waals surface area contributed by atoms with Crippen LogP contribution in [0.4, 0.5) is 0 Å². The molecule has 180 valence electrons. The lowest BCUT2D eigenvalue weighted by atomic mass is 10.1. The summed E-state index contributed by atoms with van der Waals surface area (Å²) in [6, 6.07) is 16.0. The van der Waals surface area contributed by atoms with Crippen LogP contribution in [0, 0.1) is 0 Å². The number of benzene rings is 2. The van der Waals surface area contributed by atoms with Crippen molar-refractivity contribution in [1.29, 1.82) is 0 Å². The highest BCUT2D eigenvalue weighted by molar-refractivity contribution is 7.91. The Kier molecular flexibility index (Phi) is 9.15. The minimum Gasteiger partial charge on any atom is -0.387 e. The molecule has 0 saturated carbocycles. The molecule has 1 atom stereocenters. The number of pyridine rings is 1. The molecule has 0 aliphatic rings. The molecule has 0 bridgehead atoms. The van der Waals surface area contributed by atoms with Crippen molar-refractivity contribution in [3.8, 4) is 5.75 Å². The Balaban J connectivity index is 1.51. The maximum atomic E-state index is 12.9. The number of hydrogen-bond acceptors (Lipinski definition) is 8. The molecule has 0 fully saturated rings. The van der Waals surface area contributed by atoms with Gasteiger partial charge < -0.3 is 10.4 Å². The Morgan fingerprint density at radius 2 is 1.74 bits per heavy atom. The SMILES string of the molecule is CCCC(=O)OOc1ccc(S(=O)(=O)c2ccc(CCNC[C@H](O)c3cccnc3)cc2)cc1. The lowest BCUT2D eigenvalue weighted by molar-refractivity contribution is -0.213. The molecule has 0 aliphatic carbocycles. The molecule has 0 spiro atoms. The van der Waals surface area contributed by atoms with Crippen LogP contribution in [0.15, 0.2) is 82.8 Å². The summed E-state index contributed by atoms with van der Waals surface area (Å²) in [7, 11) is -3.70. The molecule has 2 aromatic carbocycles. The van der Waals surface area contributed by atoms with Gasteiger partial charge in [-0.3, -0.25) is 14.8 Å². The Hall–Kier alpha value is -3.27. The summed E-state index contributed by atoms with van der Waals surface area (Å²) < 4.78 is 25.8. The van der Waals surface area contributed by atoms with Crippen LogP contribution in [0.1, 0.15) is 37.0 Å². The molecule has 0 amide bonds. The van der Waals surface area contributed by atoms with Crippen LogP contribution in [-0.2, 0) is 25.9 Å². The van der Waals surface area contributed by atoms with Gasteiger partial charge in [0.1, 0.15) is 0 Å². The van der Waals surface area contributed by atoms with E-state index >= 15 is 0 Å². The third kappa shape index (κ3) is 7.11. The maximum absolute atomic E-state index is 12.9. The van der Waals surface area contributed by atoms with Crippen molar-refractivity contribution in [3.05, 3.63) is 84.2 Å². The predicted octanol–water partition coefficient (Wildman–Crippen LogP) is 3.42. The lowest BCUT2D eigenvalue weighted by Gasteiger charge is -2.12. The molecule has 0 radical (unpaired) electrons. The van der Waals surface area contributed by atoms with Crippen molar-refractivity contribution in [2.24, 2.45) is 0 Å². The maximum Gasteiger partial charge on any atom is 0.355 e. The van der Waals surface area contributed by atoms with Crippen molar-refractivity contribution < 1.29 is 28.1 Å². The van der Waals surface area contributed by atoms with Gasteiger partial charge in [-0.15, -0.1) is 0 Å². The average Bonchev–Trinajstić information content (AvgIpc) is 2.86. The zero-order valence-corrected chi connectivity index (χ0v) is 19.7. The fourth-order valence-electron chi connectivity index (χ4n) is 3.15. The van der Waals surface area contributed by atoms with Crippen molar-refractivity contribution in [2.75, 3.05) is 13.1 Å². The molecule has 9 heteroatoms. The summed E-state index contributed by atoms with van der Waals surface area (Å²) in [5, 5.41) is 13.3. The van der Waals surface area contributed by atoms with Gasteiger partial charge in [0.05, 0.1) is 15.9 Å². The van der Waals surface area contributed by atoms with E-state index in [1.165, 1.54) is 24.3 Å². The van der Waals surface area contributed by atoms with Gasteiger partial charge in [-0.25, -0.2) is 13.2 Å². The molecule has 0 saturated heterocycles. The molecule has 34 heavy (non-hydrogen) atoms. The largest absolute Gasteiger partial charge is 0.387 e. The number of nitrogens with one attached hydrogen (secondary N) is 1. The fraction of sp³-hybridized carbons (Fsp3) is 0.280. The van der Waals surface area contributed by atoms with E-state index in [-0.39, 0.29) is 22.0 Å². The van der Waals surface area contributed by atoms with E-state index in [4.69, 9.17) is 4.89 Å². The Morgan fingerprint density at radius 1 is 1.06 bits per heavy atom. The van der Waals surface area contributed by atoms with Gasteiger partial charge in [0.25, 0.3) is 0 Å². The highest BCUT2D eigenvalue weighted by atomic mass is 32.2. The van der Waals surface area contributed by atoms with Gasteiger partial charge in [-0.2, -0.15) is 0 Å². The van der Waals surface area contributed by atoms with E-state index in [1.807, 2.05) is 13.0 Å². The van der Waals surface area contributed by atoms with Crippen LogP contribution in [0.3, 0.4) is 0 Å². The number of aliphatic hydroxyl groups excluding tert-OH is 1.